The maximum atomic E-state index is 12.8. The van der Waals surface area contributed by atoms with Crippen molar-refractivity contribution in [2.45, 2.75) is 11.7 Å². The molecule has 0 aliphatic rings. The van der Waals surface area contributed by atoms with Crippen LogP contribution in [0.5, 0.6) is 0 Å². The van der Waals surface area contributed by atoms with Gasteiger partial charge in [0.25, 0.3) is 0 Å². The second-order valence-electron chi connectivity index (χ2n) is 6.99. The molecule has 3 aromatic heterocycles. The Morgan fingerprint density at radius 3 is 2.62 bits per heavy atom. The van der Waals surface area contributed by atoms with Crippen LogP contribution in [0.3, 0.4) is 0 Å². The molecule has 0 saturated heterocycles. The Labute approximate surface area is 204 Å². The van der Waals surface area contributed by atoms with Crippen molar-refractivity contribution < 1.29 is 14.3 Å². The first-order chi connectivity index (χ1) is 16.6. The van der Waals surface area contributed by atoms with Crippen LogP contribution in [0, 0.1) is 0 Å². The minimum atomic E-state index is -0.504. The highest BCUT2D eigenvalue weighted by atomic mass is 32.2. The topological polar surface area (TPSA) is 99.0 Å². The van der Waals surface area contributed by atoms with Gasteiger partial charge in [0.1, 0.15) is 10.6 Å². The van der Waals surface area contributed by atoms with Crippen molar-refractivity contribution >= 4 is 40.0 Å². The molecule has 10 heteroatoms. The number of hydrogen-bond donors (Lipinski definition) is 1. The quantitative estimate of drug-likeness (QED) is 0.204. The number of thioether (sulfide) groups is 1. The summed E-state index contributed by atoms with van der Waals surface area (Å²) in [6.07, 6.45) is 5.12. The van der Waals surface area contributed by atoms with Crippen LogP contribution in [0.2, 0.25) is 0 Å². The van der Waals surface area contributed by atoms with Crippen LogP contribution in [0.25, 0.3) is 22.5 Å². The molecule has 0 aliphatic carbocycles. The number of carbonyl (C=O) groups is 2. The summed E-state index contributed by atoms with van der Waals surface area (Å²) in [7, 11) is 1.32. The lowest BCUT2D eigenvalue weighted by atomic mass is 10.0. The first-order valence-electron chi connectivity index (χ1n) is 10.2. The van der Waals surface area contributed by atoms with E-state index in [0.29, 0.717) is 33.7 Å². The summed E-state index contributed by atoms with van der Waals surface area (Å²) in [4.78, 5) is 29.3. The smallest absolute Gasteiger partial charge is 0.341 e. The van der Waals surface area contributed by atoms with Gasteiger partial charge in [0.15, 0.2) is 11.0 Å². The number of anilines is 1. The summed E-state index contributed by atoms with van der Waals surface area (Å²) < 4.78 is 6.86. The average Bonchev–Trinajstić information content (AvgIpc) is 3.48. The second kappa shape index (κ2) is 10.9. The molecule has 1 N–H and O–H groups in total. The maximum absolute atomic E-state index is 12.8. The third-order valence-corrected chi connectivity index (χ3v) is 6.68. The van der Waals surface area contributed by atoms with Gasteiger partial charge in [-0.2, -0.15) is 0 Å². The second-order valence-corrected chi connectivity index (χ2v) is 8.81. The van der Waals surface area contributed by atoms with Crippen molar-refractivity contribution in [3.8, 4) is 22.5 Å². The number of rotatable bonds is 9. The van der Waals surface area contributed by atoms with E-state index in [1.807, 2.05) is 52.4 Å². The number of nitrogens with zero attached hydrogens (tertiary/aromatic N) is 4. The molecule has 172 valence electrons. The highest BCUT2D eigenvalue weighted by Crippen LogP contribution is 2.36. The third-order valence-electron chi connectivity index (χ3n) is 4.82. The molecule has 0 aliphatic heterocycles. The molecule has 8 nitrogen and oxygen atoms in total. The molecule has 0 atom stereocenters. The van der Waals surface area contributed by atoms with Crippen LogP contribution in [-0.2, 0) is 16.1 Å². The van der Waals surface area contributed by atoms with Gasteiger partial charge < -0.3 is 10.1 Å². The third kappa shape index (κ3) is 5.08. The Balaban J connectivity index is 1.51. The Bertz CT molecular complexity index is 1300. The van der Waals surface area contributed by atoms with Gasteiger partial charge >= 0.3 is 5.97 Å². The van der Waals surface area contributed by atoms with Crippen molar-refractivity contribution in [2.24, 2.45) is 0 Å². The Morgan fingerprint density at radius 1 is 1.15 bits per heavy atom. The minimum absolute atomic E-state index is 0.0881. The molecule has 0 unspecified atom stereocenters. The summed E-state index contributed by atoms with van der Waals surface area (Å²) in [5, 5.41) is 14.2. The van der Waals surface area contributed by atoms with Gasteiger partial charge in [-0.05, 0) is 17.7 Å². The van der Waals surface area contributed by atoms with Gasteiger partial charge in [-0.25, -0.2) is 4.79 Å². The van der Waals surface area contributed by atoms with E-state index in [1.54, 1.807) is 18.5 Å². The predicted molar refractivity (Wildman–Crippen MR) is 134 cm³/mol. The Hall–Kier alpha value is -3.76. The van der Waals surface area contributed by atoms with Crippen molar-refractivity contribution in [3.63, 3.8) is 0 Å². The summed E-state index contributed by atoms with van der Waals surface area (Å²) in [5.41, 5.74) is 2.80. The number of pyridine rings is 1. The van der Waals surface area contributed by atoms with Crippen LogP contribution in [0.15, 0.2) is 78.0 Å². The SMILES string of the molecule is C=CCn1c(SCC(=O)Nc2scc(-c3ccccc3)c2C(=O)OC)nnc1-c1ccncc1. The van der Waals surface area contributed by atoms with Crippen molar-refractivity contribution in [1.29, 1.82) is 0 Å². The number of thiophene rings is 1. The van der Waals surface area contributed by atoms with E-state index in [9.17, 15) is 9.59 Å². The monoisotopic (exact) mass is 491 g/mol. The molecule has 0 radical (unpaired) electrons. The number of aromatic nitrogens is 4. The predicted octanol–water partition coefficient (Wildman–Crippen LogP) is 4.77. The summed E-state index contributed by atoms with van der Waals surface area (Å²) >= 11 is 2.54. The van der Waals surface area contributed by atoms with Crippen molar-refractivity contribution in [3.05, 3.63) is 78.5 Å². The van der Waals surface area contributed by atoms with Gasteiger partial charge in [-0.15, -0.1) is 28.1 Å². The van der Waals surface area contributed by atoms with Gasteiger partial charge in [-0.1, -0.05) is 48.2 Å². The van der Waals surface area contributed by atoms with E-state index in [0.717, 1.165) is 11.1 Å². The summed E-state index contributed by atoms with van der Waals surface area (Å²) in [6.45, 7) is 4.30. The van der Waals surface area contributed by atoms with Crippen LogP contribution in [0.4, 0.5) is 5.00 Å². The molecule has 0 spiro atoms. The van der Waals surface area contributed by atoms with E-state index in [4.69, 9.17) is 4.74 Å². The first kappa shape index (κ1) is 23.4. The van der Waals surface area contributed by atoms with Gasteiger partial charge in [-0.3, -0.25) is 14.3 Å². The van der Waals surface area contributed by atoms with Gasteiger partial charge in [0.2, 0.25) is 5.91 Å². The lowest BCUT2D eigenvalue weighted by Crippen LogP contribution is -2.16. The van der Waals surface area contributed by atoms with E-state index in [1.165, 1.54) is 30.2 Å². The minimum Gasteiger partial charge on any atom is -0.465 e. The van der Waals surface area contributed by atoms with Crippen molar-refractivity contribution in [1.82, 2.24) is 19.7 Å². The van der Waals surface area contributed by atoms with Crippen LogP contribution in [0.1, 0.15) is 10.4 Å². The molecular formula is C24H21N5O3S2. The molecule has 1 aromatic carbocycles. The lowest BCUT2D eigenvalue weighted by molar-refractivity contribution is -0.113. The number of carbonyl (C=O) groups excluding carboxylic acids is 2. The molecule has 0 bridgehead atoms. The molecule has 0 fully saturated rings. The molecule has 1 amide bonds. The highest BCUT2D eigenvalue weighted by Gasteiger charge is 2.23. The number of allylic oxidation sites excluding steroid dienone is 1. The molecular weight excluding hydrogens is 470 g/mol. The van der Waals surface area contributed by atoms with Crippen LogP contribution < -0.4 is 5.32 Å². The first-order valence-corrected chi connectivity index (χ1v) is 12.1. The van der Waals surface area contributed by atoms with E-state index in [-0.39, 0.29) is 11.7 Å². The normalized spacial score (nSPS) is 10.6. The van der Waals surface area contributed by atoms with Crippen LogP contribution in [-0.4, -0.2) is 44.5 Å². The fraction of sp³-hybridized carbons (Fsp3) is 0.125. The number of nitrogens with one attached hydrogen (secondary N) is 1. The Morgan fingerprint density at radius 2 is 1.91 bits per heavy atom. The number of hydrogen-bond acceptors (Lipinski definition) is 8. The number of methoxy groups -OCH3 is 1. The van der Waals surface area contributed by atoms with Gasteiger partial charge in [0.05, 0.1) is 12.9 Å². The van der Waals surface area contributed by atoms with Crippen molar-refractivity contribution in [2.75, 3.05) is 18.2 Å². The largest absolute Gasteiger partial charge is 0.465 e. The zero-order valence-corrected chi connectivity index (χ0v) is 19.9. The Kier molecular flexibility index (Phi) is 7.51. The summed E-state index contributed by atoms with van der Waals surface area (Å²) in [6, 6.07) is 13.2. The number of esters is 1. The zero-order valence-electron chi connectivity index (χ0n) is 18.3. The van der Waals surface area contributed by atoms with Gasteiger partial charge in [0, 0.05) is 35.4 Å². The van der Waals surface area contributed by atoms with E-state index in [2.05, 4.69) is 27.1 Å². The van der Waals surface area contributed by atoms with E-state index < -0.39 is 5.97 Å². The zero-order chi connectivity index (χ0) is 23.9. The highest BCUT2D eigenvalue weighted by molar-refractivity contribution is 7.99. The van der Waals surface area contributed by atoms with E-state index >= 15 is 0 Å². The fourth-order valence-corrected chi connectivity index (χ4v) is 5.00. The summed E-state index contributed by atoms with van der Waals surface area (Å²) in [5.74, 6) is -0.0138. The average molecular weight is 492 g/mol. The lowest BCUT2D eigenvalue weighted by Gasteiger charge is -2.09. The molecule has 0 saturated carbocycles. The number of ether oxygens (including phenoxy) is 1. The molecule has 4 rings (SSSR count). The standard InChI is InChI=1S/C24H21N5O3S2/c1-3-13-29-21(17-9-11-25-12-10-17)27-28-24(29)34-15-19(30)26-22-20(23(31)32-2)18(14-33-22)16-7-5-4-6-8-16/h3-12,14H,1,13,15H2,2H3,(H,26,30). The number of benzene rings is 1. The molecule has 3 heterocycles. The van der Waals surface area contributed by atoms with Crippen LogP contribution >= 0.6 is 23.1 Å². The molecule has 34 heavy (non-hydrogen) atoms. The number of amides is 1. The maximum Gasteiger partial charge on any atom is 0.341 e. The fourth-order valence-electron chi connectivity index (χ4n) is 3.28. The molecule has 4 aromatic rings.